The van der Waals surface area contributed by atoms with Crippen molar-refractivity contribution in [1.82, 2.24) is 0 Å². The smallest absolute Gasteiger partial charge is 0.402 e. The Kier molecular flexibility index (Phi) is 8.67. The lowest BCUT2D eigenvalue weighted by Gasteiger charge is -2.54. The summed E-state index contributed by atoms with van der Waals surface area (Å²) in [6.07, 6.45) is 2.05. The Balaban J connectivity index is 0.000000658. The van der Waals surface area contributed by atoms with Crippen molar-refractivity contribution >= 4 is 7.32 Å². The molecule has 0 spiro atoms. The average molecular weight is 500 g/mol. The summed E-state index contributed by atoms with van der Waals surface area (Å²) >= 11 is 0. The van der Waals surface area contributed by atoms with Crippen LogP contribution >= 0.6 is 0 Å². The Bertz CT molecular complexity index is 1120. The molecular formula is C28H34BF3NO3+. The molecular weight excluding hydrogens is 466 g/mol. The molecule has 1 aliphatic carbocycles. The van der Waals surface area contributed by atoms with E-state index in [-0.39, 0.29) is 0 Å². The van der Waals surface area contributed by atoms with Crippen molar-refractivity contribution in [3.8, 4) is 0 Å². The molecule has 1 unspecified atom stereocenters. The number of hydrogen-bond donors (Lipinski definition) is 2. The largest absolute Gasteiger partial charge is 0.634 e. The van der Waals surface area contributed by atoms with Gasteiger partial charge in [0.25, 0.3) is 0 Å². The van der Waals surface area contributed by atoms with E-state index in [9.17, 15) is 23.2 Å². The van der Waals surface area contributed by atoms with Gasteiger partial charge in [0.1, 0.15) is 17.5 Å². The minimum absolute atomic E-state index is 0.293. The Labute approximate surface area is 211 Å². The van der Waals surface area contributed by atoms with E-state index < -0.39 is 35.8 Å². The second-order valence-electron chi connectivity index (χ2n) is 10.6. The summed E-state index contributed by atoms with van der Waals surface area (Å²) in [4.78, 5) is 0. The van der Waals surface area contributed by atoms with Crippen molar-refractivity contribution in [1.29, 1.82) is 0 Å². The molecule has 1 saturated carbocycles. The summed E-state index contributed by atoms with van der Waals surface area (Å²) in [5.74, 6) is -1.50. The molecule has 0 radical (unpaired) electrons. The SMILES string of the molecule is C[N+](C)(C)C.OB(O)OC1(c2cccc(F)c2)CCCCC1(c1cccc(F)c1)c1cccc(F)c1. The first-order valence-corrected chi connectivity index (χ1v) is 12.0. The third kappa shape index (κ3) is 6.18. The molecule has 4 nitrogen and oxygen atoms in total. The quantitative estimate of drug-likeness (QED) is 0.376. The molecule has 0 amide bonds. The predicted octanol–water partition coefficient (Wildman–Crippen LogP) is 5.17. The lowest BCUT2D eigenvalue weighted by molar-refractivity contribution is -0.849. The van der Waals surface area contributed by atoms with Crippen molar-refractivity contribution in [2.45, 2.75) is 36.7 Å². The number of nitrogens with zero attached hydrogens (tertiary/aromatic N) is 1. The zero-order valence-electron chi connectivity index (χ0n) is 21.2. The van der Waals surface area contributed by atoms with Gasteiger partial charge in [-0.1, -0.05) is 49.2 Å². The third-order valence-electron chi connectivity index (χ3n) is 6.25. The summed E-state index contributed by atoms with van der Waals surface area (Å²) < 4.78 is 49.9. The lowest BCUT2D eigenvalue weighted by Crippen LogP contribution is -2.56. The van der Waals surface area contributed by atoms with Crippen molar-refractivity contribution in [2.24, 2.45) is 0 Å². The van der Waals surface area contributed by atoms with Gasteiger partial charge in [-0.2, -0.15) is 0 Å². The van der Waals surface area contributed by atoms with Crippen LogP contribution in [0.1, 0.15) is 42.4 Å². The standard InChI is InChI=1S/C24H22BF3O3.C4H12N/c26-20-9-3-6-17(14-20)23(18-7-4-10-21(27)15-18)12-1-2-13-24(23,31-25(29)30)19-8-5-11-22(28)16-19;1-5(2,3)4/h3-11,14-16,29-30H,1-2,12-13H2;1-4H3/q;+1. The second-order valence-corrected chi connectivity index (χ2v) is 10.6. The highest BCUT2D eigenvalue weighted by Crippen LogP contribution is 2.58. The molecule has 0 aliphatic heterocycles. The van der Waals surface area contributed by atoms with E-state index in [2.05, 4.69) is 28.2 Å². The summed E-state index contributed by atoms with van der Waals surface area (Å²) in [5.41, 5.74) is -1.34. The summed E-state index contributed by atoms with van der Waals surface area (Å²) in [7, 11) is 6.32. The van der Waals surface area contributed by atoms with Crippen LogP contribution in [0.5, 0.6) is 0 Å². The van der Waals surface area contributed by atoms with Gasteiger partial charge in [0, 0.05) is 0 Å². The Morgan fingerprint density at radius 2 is 1.08 bits per heavy atom. The third-order valence-corrected chi connectivity index (χ3v) is 6.25. The topological polar surface area (TPSA) is 49.7 Å². The fourth-order valence-electron chi connectivity index (χ4n) is 5.15. The van der Waals surface area contributed by atoms with Gasteiger partial charge in [-0.15, -0.1) is 0 Å². The first-order valence-electron chi connectivity index (χ1n) is 12.0. The first kappa shape index (κ1) is 27.9. The molecule has 4 rings (SSSR count). The van der Waals surface area contributed by atoms with E-state index in [0.717, 1.165) is 4.48 Å². The van der Waals surface area contributed by atoms with Crippen LogP contribution in [-0.2, 0) is 15.7 Å². The zero-order valence-corrected chi connectivity index (χ0v) is 21.2. The van der Waals surface area contributed by atoms with Crippen LogP contribution in [0.15, 0.2) is 72.8 Å². The molecule has 192 valence electrons. The molecule has 0 saturated heterocycles. The summed E-state index contributed by atoms with van der Waals surface area (Å²) in [6, 6.07) is 17.5. The van der Waals surface area contributed by atoms with E-state index in [0.29, 0.717) is 42.4 Å². The minimum atomic E-state index is -2.18. The fourth-order valence-corrected chi connectivity index (χ4v) is 5.15. The molecule has 8 heteroatoms. The highest BCUT2D eigenvalue weighted by molar-refractivity contribution is 6.32. The van der Waals surface area contributed by atoms with Gasteiger partial charge >= 0.3 is 7.32 Å². The van der Waals surface area contributed by atoms with Gasteiger partial charge in [-0.25, -0.2) is 13.2 Å². The maximum absolute atomic E-state index is 14.4. The van der Waals surface area contributed by atoms with E-state index in [4.69, 9.17) is 4.65 Å². The number of rotatable bonds is 5. The van der Waals surface area contributed by atoms with Crippen LogP contribution in [-0.4, -0.2) is 50.0 Å². The summed E-state index contributed by atoms with van der Waals surface area (Å²) in [6.45, 7) is 0. The monoisotopic (exact) mass is 500 g/mol. The maximum Gasteiger partial charge on any atom is 0.634 e. The first-order chi connectivity index (χ1) is 16.9. The lowest BCUT2D eigenvalue weighted by atomic mass is 9.54. The molecule has 0 aromatic heterocycles. The van der Waals surface area contributed by atoms with E-state index in [1.807, 2.05) is 0 Å². The molecule has 3 aromatic carbocycles. The van der Waals surface area contributed by atoms with Gasteiger partial charge in [0.15, 0.2) is 0 Å². The van der Waals surface area contributed by atoms with Crippen LogP contribution in [0.2, 0.25) is 0 Å². The second kappa shape index (κ2) is 11.2. The average Bonchev–Trinajstić information content (AvgIpc) is 2.78. The van der Waals surface area contributed by atoms with Crippen LogP contribution in [0.4, 0.5) is 13.2 Å². The number of benzene rings is 3. The van der Waals surface area contributed by atoms with Gasteiger partial charge in [0.05, 0.1) is 39.2 Å². The number of halogens is 3. The van der Waals surface area contributed by atoms with E-state index in [1.165, 1.54) is 42.5 Å². The molecule has 3 aromatic rings. The highest BCUT2D eigenvalue weighted by atomic mass is 19.1. The van der Waals surface area contributed by atoms with Gasteiger partial charge in [-0.3, -0.25) is 0 Å². The number of hydrogen-bond acceptors (Lipinski definition) is 3. The van der Waals surface area contributed by atoms with Crippen molar-refractivity contribution in [2.75, 3.05) is 28.2 Å². The van der Waals surface area contributed by atoms with E-state index >= 15 is 0 Å². The van der Waals surface area contributed by atoms with Gasteiger partial charge in [-0.05, 0) is 65.9 Å². The van der Waals surface area contributed by atoms with Crippen molar-refractivity contribution in [3.05, 3.63) is 107 Å². The molecule has 1 fully saturated rings. The summed E-state index contributed by atoms with van der Waals surface area (Å²) in [5, 5.41) is 19.9. The maximum atomic E-state index is 14.4. The molecule has 0 heterocycles. The minimum Gasteiger partial charge on any atom is -0.402 e. The van der Waals surface area contributed by atoms with Gasteiger partial charge in [0.2, 0.25) is 0 Å². The van der Waals surface area contributed by atoms with Crippen LogP contribution in [0.25, 0.3) is 0 Å². The Morgan fingerprint density at radius 3 is 1.50 bits per heavy atom. The fraction of sp³-hybridized carbons (Fsp3) is 0.357. The van der Waals surface area contributed by atoms with Gasteiger partial charge < -0.3 is 19.2 Å². The van der Waals surface area contributed by atoms with Crippen LogP contribution in [0, 0.1) is 17.5 Å². The Morgan fingerprint density at radius 1 is 0.694 bits per heavy atom. The zero-order chi connectivity index (χ0) is 26.6. The molecule has 1 aliphatic rings. The molecule has 1 atom stereocenters. The van der Waals surface area contributed by atoms with E-state index in [1.54, 1.807) is 30.3 Å². The molecule has 0 bridgehead atoms. The van der Waals surface area contributed by atoms with Crippen molar-refractivity contribution in [3.63, 3.8) is 0 Å². The highest BCUT2D eigenvalue weighted by Gasteiger charge is 2.58. The van der Waals surface area contributed by atoms with Crippen molar-refractivity contribution < 1.29 is 32.4 Å². The molecule has 2 N–H and O–H groups in total. The van der Waals surface area contributed by atoms with Crippen LogP contribution < -0.4 is 0 Å². The molecule has 36 heavy (non-hydrogen) atoms. The number of quaternary nitrogens is 1. The predicted molar refractivity (Wildman–Crippen MR) is 135 cm³/mol. The normalized spacial score (nSPS) is 19.2. The Hall–Kier alpha value is -2.65. The van der Waals surface area contributed by atoms with Crippen LogP contribution in [0.3, 0.4) is 0 Å².